The lowest BCUT2D eigenvalue weighted by Gasteiger charge is -2.14. The van der Waals surface area contributed by atoms with E-state index in [4.69, 9.17) is 5.73 Å². The van der Waals surface area contributed by atoms with Crippen molar-refractivity contribution in [2.24, 2.45) is 11.7 Å². The molecule has 0 amide bonds. The van der Waals surface area contributed by atoms with Gasteiger partial charge in [-0.2, -0.15) is 5.10 Å². The molecule has 3 rings (SSSR count). The summed E-state index contributed by atoms with van der Waals surface area (Å²) in [6, 6.07) is 11.3. The summed E-state index contributed by atoms with van der Waals surface area (Å²) < 4.78 is 1.59. The van der Waals surface area contributed by atoms with Crippen LogP contribution in [0.25, 0.3) is 11.3 Å². The normalized spacial score (nSPS) is 16.1. The van der Waals surface area contributed by atoms with E-state index in [1.165, 1.54) is 12.8 Å². The molecule has 104 valence electrons. The summed E-state index contributed by atoms with van der Waals surface area (Å²) in [5.41, 5.74) is 8.58. The zero-order valence-corrected chi connectivity index (χ0v) is 11.6. The molecule has 0 saturated heterocycles. The number of nitrogens with zero attached hydrogens (tertiary/aromatic N) is 2. The van der Waals surface area contributed by atoms with Crippen molar-refractivity contribution in [3.05, 3.63) is 52.3 Å². The maximum Gasteiger partial charge on any atom is 0.267 e. The van der Waals surface area contributed by atoms with Crippen LogP contribution in [-0.4, -0.2) is 9.78 Å². The molecular formula is C16H19N3O. The summed E-state index contributed by atoms with van der Waals surface area (Å²) in [5, 5.41) is 4.57. The van der Waals surface area contributed by atoms with Crippen LogP contribution in [0.5, 0.6) is 0 Å². The minimum absolute atomic E-state index is 0.0520. The van der Waals surface area contributed by atoms with E-state index in [2.05, 4.69) is 5.10 Å². The van der Waals surface area contributed by atoms with Crippen molar-refractivity contribution in [2.45, 2.75) is 32.4 Å². The van der Waals surface area contributed by atoms with E-state index >= 15 is 0 Å². The topological polar surface area (TPSA) is 60.9 Å². The molecule has 4 heteroatoms. The monoisotopic (exact) mass is 269 g/mol. The number of rotatable bonds is 4. The van der Waals surface area contributed by atoms with Crippen LogP contribution in [0.2, 0.25) is 0 Å². The standard InChI is InChI=1S/C16H19N3O/c1-11(17)14-9-15(20)19(10-12-7-8-12)18-16(14)13-5-3-2-4-6-13/h2-6,9,11-12H,7-8,10,17H2,1H3. The Morgan fingerprint density at radius 2 is 2.05 bits per heavy atom. The van der Waals surface area contributed by atoms with Crippen molar-refractivity contribution in [2.75, 3.05) is 0 Å². The van der Waals surface area contributed by atoms with Gasteiger partial charge in [0.05, 0.1) is 5.69 Å². The molecule has 1 aliphatic carbocycles. The SMILES string of the molecule is CC(N)c1cc(=O)n(CC2CC2)nc1-c1ccccc1. The molecule has 1 unspecified atom stereocenters. The van der Waals surface area contributed by atoms with Gasteiger partial charge in [0.1, 0.15) is 0 Å². The summed E-state index contributed by atoms with van der Waals surface area (Å²) in [5.74, 6) is 0.616. The fourth-order valence-electron chi connectivity index (χ4n) is 2.35. The van der Waals surface area contributed by atoms with Gasteiger partial charge in [-0.25, -0.2) is 4.68 Å². The van der Waals surface area contributed by atoms with Crippen LogP contribution < -0.4 is 11.3 Å². The Kier molecular flexibility index (Phi) is 3.40. The van der Waals surface area contributed by atoms with Gasteiger partial charge in [-0.05, 0) is 25.7 Å². The zero-order valence-electron chi connectivity index (χ0n) is 11.6. The predicted molar refractivity (Wildman–Crippen MR) is 79.3 cm³/mol. The maximum absolute atomic E-state index is 12.1. The van der Waals surface area contributed by atoms with Crippen molar-refractivity contribution < 1.29 is 0 Å². The Morgan fingerprint density at radius 1 is 1.35 bits per heavy atom. The van der Waals surface area contributed by atoms with E-state index in [0.29, 0.717) is 5.92 Å². The second kappa shape index (κ2) is 5.21. The van der Waals surface area contributed by atoms with Crippen molar-refractivity contribution in [1.82, 2.24) is 9.78 Å². The molecule has 0 radical (unpaired) electrons. The summed E-state index contributed by atoms with van der Waals surface area (Å²) >= 11 is 0. The third-order valence-corrected chi connectivity index (χ3v) is 3.69. The Bertz CT molecular complexity index is 657. The third kappa shape index (κ3) is 2.65. The number of hydrogen-bond acceptors (Lipinski definition) is 3. The summed E-state index contributed by atoms with van der Waals surface area (Å²) in [4.78, 5) is 12.1. The molecule has 2 N–H and O–H groups in total. The molecular weight excluding hydrogens is 250 g/mol. The highest BCUT2D eigenvalue weighted by atomic mass is 16.1. The third-order valence-electron chi connectivity index (χ3n) is 3.69. The molecule has 1 heterocycles. The van der Waals surface area contributed by atoms with Crippen molar-refractivity contribution in [3.8, 4) is 11.3 Å². The van der Waals surface area contributed by atoms with Crippen LogP contribution in [0.3, 0.4) is 0 Å². The van der Waals surface area contributed by atoms with Gasteiger partial charge >= 0.3 is 0 Å². The van der Waals surface area contributed by atoms with Gasteiger partial charge in [0, 0.05) is 29.8 Å². The number of benzene rings is 1. The Morgan fingerprint density at radius 3 is 2.65 bits per heavy atom. The Hall–Kier alpha value is -1.94. The first kappa shape index (κ1) is 13.1. The number of aromatic nitrogens is 2. The highest BCUT2D eigenvalue weighted by molar-refractivity contribution is 5.62. The van der Waals surface area contributed by atoms with Crippen LogP contribution in [0.4, 0.5) is 0 Å². The van der Waals surface area contributed by atoms with Crippen molar-refractivity contribution in [3.63, 3.8) is 0 Å². The molecule has 1 aromatic heterocycles. The lowest BCUT2D eigenvalue weighted by atomic mass is 10.0. The maximum atomic E-state index is 12.1. The molecule has 0 spiro atoms. The van der Waals surface area contributed by atoms with Crippen molar-refractivity contribution in [1.29, 1.82) is 0 Å². The lowest BCUT2D eigenvalue weighted by Crippen LogP contribution is -2.26. The average Bonchev–Trinajstić information content (AvgIpc) is 3.25. The van der Waals surface area contributed by atoms with E-state index in [1.807, 2.05) is 37.3 Å². The summed E-state index contributed by atoms with van der Waals surface area (Å²) in [6.07, 6.45) is 2.40. The van der Waals surface area contributed by atoms with Crippen LogP contribution in [0.1, 0.15) is 31.4 Å². The largest absolute Gasteiger partial charge is 0.324 e. The van der Waals surface area contributed by atoms with E-state index < -0.39 is 0 Å². The minimum Gasteiger partial charge on any atom is -0.324 e. The van der Waals surface area contributed by atoms with Gasteiger partial charge in [0.2, 0.25) is 0 Å². The number of hydrogen-bond donors (Lipinski definition) is 1. The smallest absolute Gasteiger partial charge is 0.267 e. The molecule has 1 atom stereocenters. The molecule has 20 heavy (non-hydrogen) atoms. The van der Waals surface area contributed by atoms with Crippen LogP contribution in [-0.2, 0) is 6.54 Å². The molecule has 2 aromatic rings. The summed E-state index contributed by atoms with van der Waals surface area (Å²) in [6.45, 7) is 2.60. The molecule has 1 aliphatic rings. The van der Waals surface area contributed by atoms with Gasteiger partial charge in [-0.15, -0.1) is 0 Å². The molecule has 1 aromatic carbocycles. The number of nitrogens with two attached hydrogens (primary N) is 1. The van der Waals surface area contributed by atoms with E-state index in [0.717, 1.165) is 23.4 Å². The van der Waals surface area contributed by atoms with Gasteiger partial charge in [0.15, 0.2) is 0 Å². The molecule has 0 bridgehead atoms. The highest BCUT2D eigenvalue weighted by Gasteiger charge is 2.23. The quantitative estimate of drug-likeness (QED) is 0.926. The van der Waals surface area contributed by atoms with Gasteiger partial charge in [-0.1, -0.05) is 30.3 Å². The van der Waals surface area contributed by atoms with E-state index in [-0.39, 0.29) is 11.6 Å². The van der Waals surface area contributed by atoms with Gasteiger partial charge < -0.3 is 5.73 Å². The van der Waals surface area contributed by atoms with E-state index in [1.54, 1.807) is 10.7 Å². The molecule has 0 aliphatic heterocycles. The minimum atomic E-state index is -0.207. The summed E-state index contributed by atoms with van der Waals surface area (Å²) in [7, 11) is 0. The predicted octanol–water partition coefficient (Wildman–Crippen LogP) is 2.34. The first-order valence-electron chi connectivity index (χ1n) is 7.08. The highest BCUT2D eigenvalue weighted by Crippen LogP contribution is 2.30. The second-order valence-electron chi connectivity index (χ2n) is 5.57. The fourth-order valence-corrected chi connectivity index (χ4v) is 2.35. The first-order valence-corrected chi connectivity index (χ1v) is 7.08. The van der Waals surface area contributed by atoms with Gasteiger partial charge in [0.25, 0.3) is 5.56 Å². The van der Waals surface area contributed by atoms with Crippen LogP contribution in [0, 0.1) is 5.92 Å². The average molecular weight is 269 g/mol. The zero-order chi connectivity index (χ0) is 14.1. The van der Waals surface area contributed by atoms with Crippen LogP contribution >= 0.6 is 0 Å². The molecule has 1 fully saturated rings. The van der Waals surface area contributed by atoms with Gasteiger partial charge in [-0.3, -0.25) is 4.79 Å². The Balaban J connectivity index is 2.11. The first-order chi connectivity index (χ1) is 9.65. The second-order valence-corrected chi connectivity index (χ2v) is 5.57. The lowest BCUT2D eigenvalue weighted by molar-refractivity contribution is 0.532. The van der Waals surface area contributed by atoms with Crippen molar-refractivity contribution >= 4 is 0 Å². The van der Waals surface area contributed by atoms with E-state index in [9.17, 15) is 4.79 Å². The fraction of sp³-hybridized carbons (Fsp3) is 0.375. The molecule has 4 nitrogen and oxygen atoms in total. The molecule has 1 saturated carbocycles. The Labute approximate surface area is 118 Å². The van der Waals surface area contributed by atoms with Crippen LogP contribution in [0.15, 0.2) is 41.2 Å².